The Hall–Kier alpha value is -2.47. The summed E-state index contributed by atoms with van der Waals surface area (Å²) < 4.78 is 5.29. The number of nitriles is 1. The molecule has 96 valence electrons. The maximum atomic E-state index is 8.85. The van der Waals surface area contributed by atoms with E-state index in [2.05, 4.69) is 11.4 Å². The number of nitrogens with one attached hydrogen (secondary N) is 1. The van der Waals surface area contributed by atoms with E-state index in [1.807, 2.05) is 49.4 Å². The summed E-state index contributed by atoms with van der Waals surface area (Å²) in [7, 11) is 1.66. The quantitative estimate of drug-likeness (QED) is 0.906. The summed E-state index contributed by atoms with van der Waals surface area (Å²) in [6, 6.07) is 15.7. The molecule has 0 spiro atoms. The molecule has 0 bridgehead atoms. The number of rotatable bonds is 4. The van der Waals surface area contributed by atoms with Gasteiger partial charge in [0.2, 0.25) is 0 Å². The molecule has 0 radical (unpaired) electrons. The monoisotopic (exact) mass is 252 g/mol. The van der Waals surface area contributed by atoms with Crippen molar-refractivity contribution in [2.45, 2.75) is 13.5 Å². The number of hydrogen-bond acceptors (Lipinski definition) is 3. The van der Waals surface area contributed by atoms with E-state index in [0.29, 0.717) is 12.1 Å². The average Bonchev–Trinajstić information content (AvgIpc) is 2.46. The van der Waals surface area contributed by atoms with E-state index in [1.54, 1.807) is 7.11 Å². The van der Waals surface area contributed by atoms with E-state index in [-0.39, 0.29) is 0 Å². The molecule has 1 N–H and O–H groups in total. The third-order valence-electron chi connectivity index (χ3n) is 3.05. The summed E-state index contributed by atoms with van der Waals surface area (Å²) in [6.45, 7) is 2.72. The van der Waals surface area contributed by atoms with Crippen LogP contribution < -0.4 is 10.1 Å². The third kappa shape index (κ3) is 3.05. The van der Waals surface area contributed by atoms with Crippen molar-refractivity contribution in [2.75, 3.05) is 12.4 Å². The first kappa shape index (κ1) is 13.0. The first-order valence-electron chi connectivity index (χ1n) is 6.11. The Morgan fingerprint density at radius 3 is 2.68 bits per heavy atom. The lowest BCUT2D eigenvalue weighted by Gasteiger charge is -2.12. The van der Waals surface area contributed by atoms with Crippen molar-refractivity contribution in [1.82, 2.24) is 0 Å². The van der Waals surface area contributed by atoms with E-state index in [4.69, 9.17) is 10.00 Å². The molecule has 0 aliphatic rings. The second kappa shape index (κ2) is 5.92. The Kier molecular flexibility index (Phi) is 4.04. The van der Waals surface area contributed by atoms with Crippen molar-refractivity contribution in [2.24, 2.45) is 0 Å². The Balaban J connectivity index is 2.13. The van der Waals surface area contributed by atoms with Crippen molar-refractivity contribution < 1.29 is 4.74 Å². The molecular weight excluding hydrogens is 236 g/mol. The minimum atomic E-state index is 0.693. The zero-order chi connectivity index (χ0) is 13.7. The van der Waals surface area contributed by atoms with Gasteiger partial charge in [0.25, 0.3) is 0 Å². The standard InChI is InChI=1S/C16H16N2O/c1-12-9-13(10-17)7-8-14(12)11-18-15-5-3-4-6-16(15)19-2/h3-9,18H,11H2,1-2H3. The highest BCUT2D eigenvalue weighted by Crippen LogP contribution is 2.24. The second-order valence-corrected chi connectivity index (χ2v) is 4.31. The number of nitrogens with zero attached hydrogens (tertiary/aromatic N) is 1. The molecule has 0 atom stereocenters. The van der Waals surface area contributed by atoms with Gasteiger partial charge in [-0.05, 0) is 42.3 Å². The minimum absolute atomic E-state index is 0.693. The molecule has 0 fully saturated rings. The van der Waals surface area contributed by atoms with Crippen molar-refractivity contribution >= 4 is 5.69 Å². The van der Waals surface area contributed by atoms with Crippen LogP contribution in [0.1, 0.15) is 16.7 Å². The Morgan fingerprint density at radius 2 is 2.00 bits per heavy atom. The number of hydrogen-bond donors (Lipinski definition) is 1. The zero-order valence-electron chi connectivity index (χ0n) is 11.1. The Labute approximate surface area is 113 Å². The lowest BCUT2D eigenvalue weighted by Crippen LogP contribution is -2.03. The normalized spacial score (nSPS) is 9.74. The number of benzene rings is 2. The predicted octanol–water partition coefficient (Wildman–Crippen LogP) is 3.49. The fourth-order valence-electron chi connectivity index (χ4n) is 1.94. The SMILES string of the molecule is COc1ccccc1NCc1ccc(C#N)cc1C. The molecule has 2 rings (SSSR count). The van der Waals surface area contributed by atoms with Crippen LogP contribution in [0.4, 0.5) is 5.69 Å². The fraction of sp³-hybridized carbons (Fsp3) is 0.188. The van der Waals surface area contributed by atoms with Gasteiger partial charge in [-0.15, -0.1) is 0 Å². The van der Waals surface area contributed by atoms with Crippen LogP contribution >= 0.6 is 0 Å². The predicted molar refractivity (Wildman–Crippen MR) is 76.2 cm³/mol. The molecule has 0 heterocycles. The maximum Gasteiger partial charge on any atom is 0.141 e. The summed E-state index contributed by atoms with van der Waals surface area (Å²) in [6.07, 6.45) is 0. The number of methoxy groups -OCH3 is 1. The lowest BCUT2D eigenvalue weighted by molar-refractivity contribution is 0.416. The molecule has 0 unspecified atom stereocenters. The van der Waals surface area contributed by atoms with E-state index >= 15 is 0 Å². The van der Waals surface area contributed by atoms with Crippen LogP contribution in [0.5, 0.6) is 5.75 Å². The molecule has 19 heavy (non-hydrogen) atoms. The summed E-state index contributed by atoms with van der Waals surface area (Å²) in [5.74, 6) is 0.828. The van der Waals surface area contributed by atoms with Gasteiger partial charge in [-0.25, -0.2) is 0 Å². The number of para-hydroxylation sites is 2. The van der Waals surface area contributed by atoms with Crippen LogP contribution in [0.3, 0.4) is 0 Å². The maximum absolute atomic E-state index is 8.85. The summed E-state index contributed by atoms with van der Waals surface area (Å²) in [4.78, 5) is 0. The van der Waals surface area contributed by atoms with Crippen LogP contribution in [-0.4, -0.2) is 7.11 Å². The van der Waals surface area contributed by atoms with Crippen LogP contribution in [0, 0.1) is 18.3 Å². The van der Waals surface area contributed by atoms with E-state index < -0.39 is 0 Å². The van der Waals surface area contributed by atoms with E-state index in [0.717, 1.165) is 17.0 Å². The Bertz CT molecular complexity index is 614. The molecular formula is C16H16N2O. The molecule has 0 aromatic heterocycles. The van der Waals surface area contributed by atoms with Crippen LogP contribution in [0.15, 0.2) is 42.5 Å². The van der Waals surface area contributed by atoms with Crippen LogP contribution in [0.25, 0.3) is 0 Å². The van der Waals surface area contributed by atoms with Crippen LogP contribution in [-0.2, 0) is 6.54 Å². The van der Waals surface area contributed by atoms with Crippen molar-refractivity contribution in [3.05, 3.63) is 59.2 Å². The third-order valence-corrected chi connectivity index (χ3v) is 3.05. The highest BCUT2D eigenvalue weighted by atomic mass is 16.5. The van der Waals surface area contributed by atoms with Gasteiger partial charge < -0.3 is 10.1 Å². The first-order valence-corrected chi connectivity index (χ1v) is 6.11. The number of aryl methyl sites for hydroxylation is 1. The van der Waals surface area contributed by atoms with Gasteiger partial charge in [0.05, 0.1) is 24.4 Å². The van der Waals surface area contributed by atoms with Crippen molar-refractivity contribution in [3.8, 4) is 11.8 Å². The zero-order valence-corrected chi connectivity index (χ0v) is 11.1. The number of ether oxygens (including phenoxy) is 1. The molecule has 3 heteroatoms. The molecule has 0 saturated carbocycles. The molecule has 0 aliphatic heterocycles. The number of anilines is 1. The van der Waals surface area contributed by atoms with Crippen molar-refractivity contribution in [3.63, 3.8) is 0 Å². The average molecular weight is 252 g/mol. The highest BCUT2D eigenvalue weighted by molar-refractivity contribution is 5.56. The van der Waals surface area contributed by atoms with Crippen molar-refractivity contribution in [1.29, 1.82) is 5.26 Å². The molecule has 2 aromatic rings. The van der Waals surface area contributed by atoms with Crippen LogP contribution in [0.2, 0.25) is 0 Å². The summed E-state index contributed by atoms with van der Waals surface area (Å²) in [5.41, 5.74) is 3.94. The Morgan fingerprint density at radius 1 is 1.21 bits per heavy atom. The van der Waals surface area contributed by atoms with E-state index in [1.165, 1.54) is 5.56 Å². The smallest absolute Gasteiger partial charge is 0.141 e. The molecule has 0 aliphatic carbocycles. The van der Waals surface area contributed by atoms with Gasteiger partial charge in [0.1, 0.15) is 5.75 Å². The lowest BCUT2D eigenvalue weighted by atomic mass is 10.1. The van der Waals surface area contributed by atoms with Gasteiger partial charge in [0, 0.05) is 6.54 Å². The fourth-order valence-corrected chi connectivity index (χ4v) is 1.94. The molecule has 0 amide bonds. The topological polar surface area (TPSA) is 45.0 Å². The van der Waals surface area contributed by atoms with Gasteiger partial charge in [-0.3, -0.25) is 0 Å². The summed E-state index contributed by atoms with van der Waals surface area (Å²) in [5, 5.41) is 12.2. The van der Waals surface area contributed by atoms with Gasteiger partial charge in [0.15, 0.2) is 0 Å². The van der Waals surface area contributed by atoms with Gasteiger partial charge in [-0.2, -0.15) is 5.26 Å². The van der Waals surface area contributed by atoms with Gasteiger partial charge in [-0.1, -0.05) is 18.2 Å². The van der Waals surface area contributed by atoms with E-state index in [9.17, 15) is 0 Å². The first-order chi connectivity index (χ1) is 9.24. The minimum Gasteiger partial charge on any atom is -0.495 e. The molecule has 0 saturated heterocycles. The van der Waals surface area contributed by atoms with Gasteiger partial charge >= 0.3 is 0 Å². The molecule has 2 aromatic carbocycles. The summed E-state index contributed by atoms with van der Waals surface area (Å²) >= 11 is 0. The second-order valence-electron chi connectivity index (χ2n) is 4.31. The highest BCUT2D eigenvalue weighted by Gasteiger charge is 2.03. The molecule has 3 nitrogen and oxygen atoms in total. The largest absolute Gasteiger partial charge is 0.495 e.